The summed E-state index contributed by atoms with van der Waals surface area (Å²) in [5.74, 6) is -0.122. The molecule has 2 heterocycles. The predicted octanol–water partition coefficient (Wildman–Crippen LogP) is 7.25. The van der Waals surface area contributed by atoms with Crippen LogP contribution in [0.3, 0.4) is 0 Å². The summed E-state index contributed by atoms with van der Waals surface area (Å²) in [6.07, 6.45) is 3.96. The Morgan fingerprint density at radius 3 is 2.40 bits per heavy atom. The fourth-order valence-corrected chi connectivity index (χ4v) is 5.99. The van der Waals surface area contributed by atoms with Crippen molar-refractivity contribution in [3.8, 4) is 11.3 Å². The highest BCUT2D eigenvalue weighted by atomic mass is 19.1. The molecule has 0 saturated carbocycles. The van der Waals surface area contributed by atoms with E-state index in [2.05, 4.69) is 67.1 Å². The molecule has 1 unspecified atom stereocenters. The van der Waals surface area contributed by atoms with E-state index in [0.29, 0.717) is 6.54 Å². The zero-order valence-electron chi connectivity index (χ0n) is 20.2. The summed E-state index contributed by atoms with van der Waals surface area (Å²) in [5.41, 5.74) is 9.11. The fraction of sp³-hybridized carbons (Fsp3) is 0.258. The Kier molecular flexibility index (Phi) is 5.32. The van der Waals surface area contributed by atoms with Crippen molar-refractivity contribution in [3.05, 3.63) is 106 Å². The molecule has 1 atom stereocenters. The van der Waals surface area contributed by atoms with Crippen molar-refractivity contribution < 1.29 is 9.18 Å². The van der Waals surface area contributed by atoms with Gasteiger partial charge in [-0.1, -0.05) is 60.2 Å². The molecule has 0 N–H and O–H groups in total. The van der Waals surface area contributed by atoms with E-state index in [4.69, 9.17) is 0 Å². The number of rotatable bonds is 4. The molecule has 1 aliphatic carbocycles. The molecule has 0 bridgehead atoms. The average molecular weight is 465 g/mol. The summed E-state index contributed by atoms with van der Waals surface area (Å²) in [4.78, 5) is 15.8. The van der Waals surface area contributed by atoms with E-state index in [1.165, 1.54) is 34.2 Å². The van der Waals surface area contributed by atoms with E-state index in [0.717, 1.165) is 53.6 Å². The zero-order valence-corrected chi connectivity index (χ0v) is 20.2. The van der Waals surface area contributed by atoms with Crippen molar-refractivity contribution in [1.82, 2.24) is 9.47 Å². The molecule has 0 fully saturated rings. The van der Waals surface area contributed by atoms with Crippen LogP contribution in [-0.2, 0) is 18.4 Å². The quantitative estimate of drug-likeness (QED) is 0.312. The van der Waals surface area contributed by atoms with Gasteiger partial charge in [-0.15, -0.1) is 0 Å². The Morgan fingerprint density at radius 1 is 0.914 bits per heavy atom. The minimum atomic E-state index is -0.258. The summed E-state index contributed by atoms with van der Waals surface area (Å²) in [6.45, 7) is 2.57. The number of carbonyl (C=O) groups is 1. The van der Waals surface area contributed by atoms with Crippen molar-refractivity contribution in [1.29, 1.82) is 0 Å². The number of hydrogen-bond acceptors (Lipinski definition) is 1. The van der Waals surface area contributed by atoms with Crippen molar-refractivity contribution in [2.75, 3.05) is 0 Å². The normalized spacial score (nSPS) is 18.0. The molecule has 1 aliphatic heterocycles. The first-order chi connectivity index (χ1) is 17.0. The lowest BCUT2D eigenvalue weighted by Gasteiger charge is -2.29. The first kappa shape index (κ1) is 21.8. The Balaban J connectivity index is 1.58. The third-order valence-corrected chi connectivity index (χ3v) is 7.68. The second kappa shape index (κ2) is 8.53. The third-order valence-electron chi connectivity index (χ3n) is 7.68. The van der Waals surface area contributed by atoms with Crippen LogP contribution in [0.15, 0.2) is 83.9 Å². The standard InChI is InChI=1S/C31H29FN2O/c1-20-11-15-22(16-12-20)29-28(26-9-5-6-10-27(26)33(29)2)30-24-7-3-4-8-25(24)31(35)34(30)19-21-13-17-23(32)18-14-21/h5-6,9-18,30H,3-4,7-8,19H2,1-2H3. The van der Waals surface area contributed by atoms with E-state index < -0.39 is 0 Å². The minimum absolute atomic E-state index is 0.120. The topological polar surface area (TPSA) is 25.2 Å². The van der Waals surface area contributed by atoms with Gasteiger partial charge >= 0.3 is 0 Å². The van der Waals surface area contributed by atoms with Crippen LogP contribution < -0.4 is 0 Å². The molecule has 1 aromatic heterocycles. The van der Waals surface area contributed by atoms with E-state index in [1.807, 2.05) is 4.90 Å². The van der Waals surface area contributed by atoms with Gasteiger partial charge in [-0.3, -0.25) is 4.79 Å². The molecule has 2 aliphatic rings. The van der Waals surface area contributed by atoms with Gasteiger partial charge in [-0.2, -0.15) is 0 Å². The lowest BCUT2D eigenvalue weighted by molar-refractivity contribution is -0.127. The molecule has 3 aromatic carbocycles. The molecule has 4 aromatic rings. The number of hydrogen-bond donors (Lipinski definition) is 0. The number of carbonyl (C=O) groups excluding carboxylic acids is 1. The van der Waals surface area contributed by atoms with Gasteiger partial charge in [0.15, 0.2) is 0 Å². The summed E-state index contributed by atoms with van der Waals surface area (Å²) >= 11 is 0. The smallest absolute Gasteiger partial charge is 0.250 e. The second-order valence-electron chi connectivity index (χ2n) is 9.88. The number of halogens is 1. The van der Waals surface area contributed by atoms with Crippen LogP contribution in [-0.4, -0.2) is 15.4 Å². The monoisotopic (exact) mass is 464 g/mol. The molecule has 6 rings (SSSR count). The minimum Gasteiger partial charge on any atom is -0.343 e. The SMILES string of the molecule is Cc1ccc(-c2c(C3C4=C(CCCC4)C(=O)N3Cc3ccc(F)cc3)c3ccccc3n2C)cc1. The molecule has 0 radical (unpaired) electrons. The maximum atomic E-state index is 13.8. The summed E-state index contributed by atoms with van der Waals surface area (Å²) in [7, 11) is 2.12. The Labute approximate surface area is 205 Å². The Bertz CT molecular complexity index is 1460. The van der Waals surface area contributed by atoms with Gasteiger partial charge in [0.25, 0.3) is 5.91 Å². The first-order valence-electron chi connectivity index (χ1n) is 12.4. The number of nitrogens with zero attached hydrogens (tertiary/aromatic N) is 2. The Morgan fingerprint density at radius 2 is 1.63 bits per heavy atom. The van der Waals surface area contributed by atoms with Gasteiger partial charge in [-0.25, -0.2) is 4.39 Å². The third kappa shape index (κ3) is 3.59. The van der Waals surface area contributed by atoms with Gasteiger partial charge in [0.1, 0.15) is 5.82 Å². The number of aromatic nitrogens is 1. The van der Waals surface area contributed by atoms with Gasteiger partial charge in [-0.05, 0) is 67.5 Å². The van der Waals surface area contributed by atoms with Crippen molar-refractivity contribution >= 4 is 16.8 Å². The van der Waals surface area contributed by atoms with Gasteiger partial charge in [0, 0.05) is 35.6 Å². The molecule has 0 saturated heterocycles. The molecule has 176 valence electrons. The fourth-order valence-electron chi connectivity index (χ4n) is 5.99. The van der Waals surface area contributed by atoms with Crippen LogP contribution in [0.25, 0.3) is 22.2 Å². The van der Waals surface area contributed by atoms with Crippen molar-refractivity contribution in [2.45, 2.75) is 45.2 Å². The van der Waals surface area contributed by atoms with Crippen LogP contribution in [0.5, 0.6) is 0 Å². The molecule has 35 heavy (non-hydrogen) atoms. The zero-order chi connectivity index (χ0) is 24.1. The Hall–Kier alpha value is -3.66. The van der Waals surface area contributed by atoms with Crippen LogP contribution in [0.1, 0.15) is 48.4 Å². The summed E-state index contributed by atoms with van der Waals surface area (Å²) in [6, 6.07) is 23.6. The predicted molar refractivity (Wildman–Crippen MR) is 138 cm³/mol. The summed E-state index contributed by atoms with van der Waals surface area (Å²) in [5, 5.41) is 1.19. The van der Waals surface area contributed by atoms with Crippen LogP contribution in [0.2, 0.25) is 0 Å². The number of fused-ring (bicyclic) bond motifs is 1. The molecule has 0 spiro atoms. The highest BCUT2D eigenvalue weighted by molar-refractivity contribution is 6.01. The largest absolute Gasteiger partial charge is 0.343 e. The van der Waals surface area contributed by atoms with Crippen LogP contribution in [0.4, 0.5) is 4.39 Å². The van der Waals surface area contributed by atoms with Gasteiger partial charge in [0.2, 0.25) is 0 Å². The van der Waals surface area contributed by atoms with Crippen LogP contribution >= 0.6 is 0 Å². The first-order valence-corrected chi connectivity index (χ1v) is 12.4. The number of aryl methyl sites for hydroxylation is 2. The van der Waals surface area contributed by atoms with E-state index in [9.17, 15) is 9.18 Å². The number of para-hydroxylation sites is 1. The maximum Gasteiger partial charge on any atom is 0.250 e. The van der Waals surface area contributed by atoms with Crippen LogP contribution in [0, 0.1) is 12.7 Å². The number of benzene rings is 3. The van der Waals surface area contributed by atoms with Crippen molar-refractivity contribution in [3.63, 3.8) is 0 Å². The van der Waals surface area contributed by atoms with E-state index >= 15 is 0 Å². The van der Waals surface area contributed by atoms with Gasteiger partial charge < -0.3 is 9.47 Å². The summed E-state index contributed by atoms with van der Waals surface area (Å²) < 4.78 is 15.9. The second-order valence-corrected chi connectivity index (χ2v) is 9.88. The average Bonchev–Trinajstić information content (AvgIpc) is 3.32. The lowest BCUT2D eigenvalue weighted by atomic mass is 9.86. The molecular weight excluding hydrogens is 435 g/mol. The highest BCUT2D eigenvalue weighted by Gasteiger charge is 2.43. The van der Waals surface area contributed by atoms with E-state index in [1.54, 1.807) is 12.1 Å². The highest BCUT2D eigenvalue weighted by Crippen LogP contribution is 2.50. The van der Waals surface area contributed by atoms with Crippen molar-refractivity contribution in [2.24, 2.45) is 7.05 Å². The molecule has 3 nitrogen and oxygen atoms in total. The van der Waals surface area contributed by atoms with Gasteiger partial charge in [0.05, 0.1) is 11.7 Å². The number of amides is 1. The maximum absolute atomic E-state index is 13.8. The molecule has 1 amide bonds. The lowest BCUT2D eigenvalue weighted by Crippen LogP contribution is -2.30. The molecule has 4 heteroatoms. The molecular formula is C31H29FN2O. The van der Waals surface area contributed by atoms with E-state index in [-0.39, 0.29) is 17.8 Å².